The fraction of sp³-hybridized carbons (Fsp3) is 0.308. The lowest BCUT2D eigenvalue weighted by molar-refractivity contribution is 0.751. The minimum absolute atomic E-state index is 0.662. The molecule has 1 aliphatic rings. The number of benzene rings is 1. The van der Waals surface area contributed by atoms with Crippen molar-refractivity contribution in [1.29, 1.82) is 0 Å². The normalized spacial score (nSPS) is 15.1. The number of nitrogens with one attached hydrogen (secondary N) is 1. The Labute approximate surface area is 95.1 Å². The van der Waals surface area contributed by atoms with Gasteiger partial charge in [-0.3, -0.25) is 0 Å². The highest BCUT2D eigenvalue weighted by molar-refractivity contribution is 5.54. The van der Waals surface area contributed by atoms with E-state index in [1.807, 2.05) is 6.20 Å². The molecule has 3 nitrogen and oxygen atoms in total. The van der Waals surface area contributed by atoms with Gasteiger partial charge in [-0.2, -0.15) is 0 Å². The largest absolute Gasteiger partial charge is 0.326 e. The van der Waals surface area contributed by atoms with Crippen molar-refractivity contribution in [2.75, 3.05) is 5.32 Å². The topological polar surface area (TPSA) is 29.9 Å². The first-order valence-electron chi connectivity index (χ1n) is 5.69. The van der Waals surface area contributed by atoms with E-state index in [9.17, 15) is 0 Å². The van der Waals surface area contributed by atoms with Crippen LogP contribution in [0.1, 0.15) is 24.4 Å². The molecule has 0 atom stereocenters. The van der Waals surface area contributed by atoms with Crippen LogP contribution in [-0.2, 0) is 0 Å². The first kappa shape index (κ1) is 9.46. The molecule has 0 bridgehead atoms. The van der Waals surface area contributed by atoms with Gasteiger partial charge in [0, 0.05) is 24.1 Å². The summed E-state index contributed by atoms with van der Waals surface area (Å²) in [6.07, 6.45) is 6.46. The Morgan fingerprint density at radius 2 is 2.25 bits per heavy atom. The molecule has 1 aromatic carbocycles. The molecule has 0 spiro atoms. The Balaban J connectivity index is 1.85. The molecular formula is C13H15N3. The Morgan fingerprint density at radius 3 is 3.00 bits per heavy atom. The van der Waals surface area contributed by atoms with E-state index in [0.717, 1.165) is 11.6 Å². The summed E-state index contributed by atoms with van der Waals surface area (Å²) in [4.78, 5) is 4.35. The highest BCUT2D eigenvalue weighted by Gasteiger charge is 2.25. The van der Waals surface area contributed by atoms with Crippen LogP contribution < -0.4 is 5.32 Å². The number of aromatic nitrogens is 2. The summed E-state index contributed by atoms with van der Waals surface area (Å²) < 4.78 is 2.22. The van der Waals surface area contributed by atoms with E-state index >= 15 is 0 Å². The van der Waals surface area contributed by atoms with E-state index in [-0.39, 0.29) is 0 Å². The molecule has 3 rings (SSSR count). The number of anilines is 2. The van der Waals surface area contributed by atoms with Crippen molar-refractivity contribution in [3.05, 3.63) is 42.2 Å². The first-order valence-corrected chi connectivity index (χ1v) is 5.69. The molecular weight excluding hydrogens is 198 g/mol. The fourth-order valence-corrected chi connectivity index (χ4v) is 1.91. The molecule has 1 fully saturated rings. The summed E-state index contributed by atoms with van der Waals surface area (Å²) in [6.45, 7) is 2.10. The van der Waals surface area contributed by atoms with Crippen molar-refractivity contribution in [2.45, 2.75) is 25.8 Å². The van der Waals surface area contributed by atoms with Crippen LogP contribution in [0.5, 0.6) is 0 Å². The SMILES string of the molecule is Cc1cccc(Nc2nccn2C2CC2)c1. The zero-order valence-electron chi connectivity index (χ0n) is 9.35. The predicted molar refractivity (Wildman–Crippen MR) is 65.0 cm³/mol. The second kappa shape index (κ2) is 3.67. The standard InChI is InChI=1S/C13H15N3/c1-10-3-2-4-11(9-10)15-13-14-7-8-16(13)12-5-6-12/h2-4,7-9,12H,5-6H2,1H3,(H,14,15). The van der Waals surface area contributed by atoms with Crippen molar-refractivity contribution in [1.82, 2.24) is 9.55 Å². The highest BCUT2D eigenvalue weighted by Crippen LogP contribution is 2.37. The van der Waals surface area contributed by atoms with Crippen LogP contribution >= 0.6 is 0 Å². The van der Waals surface area contributed by atoms with Gasteiger partial charge >= 0.3 is 0 Å². The van der Waals surface area contributed by atoms with Gasteiger partial charge in [0.25, 0.3) is 0 Å². The van der Waals surface area contributed by atoms with Crippen LogP contribution in [0.15, 0.2) is 36.7 Å². The molecule has 0 amide bonds. The van der Waals surface area contributed by atoms with Crippen LogP contribution in [0, 0.1) is 6.92 Å². The first-order chi connectivity index (χ1) is 7.83. The third kappa shape index (κ3) is 1.81. The Kier molecular flexibility index (Phi) is 2.17. The maximum atomic E-state index is 4.35. The van der Waals surface area contributed by atoms with Gasteiger partial charge in [-0.1, -0.05) is 12.1 Å². The monoisotopic (exact) mass is 213 g/mol. The predicted octanol–water partition coefficient (Wildman–Crippen LogP) is 3.27. The molecule has 1 heterocycles. The van der Waals surface area contributed by atoms with Crippen molar-refractivity contribution in [2.24, 2.45) is 0 Å². The van der Waals surface area contributed by atoms with E-state index in [1.165, 1.54) is 18.4 Å². The molecule has 1 aromatic heterocycles. The smallest absolute Gasteiger partial charge is 0.207 e. The third-order valence-electron chi connectivity index (χ3n) is 2.88. The Bertz CT molecular complexity index is 497. The van der Waals surface area contributed by atoms with Crippen LogP contribution in [0.2, 0.25) is 0 Å². The Hall–Kier alpha value is -1.77. The van der Waals surface area contributed by atoms with E-state index in [0.29, 0.717) is 6.04 Å². The van der Waals surface area contributed by atoms with Crippen LogP contribution in [0.25, 0.3) is 0 Å². The lowest BCUT2D eigenvalue weighted by Gasteiger charge is -2.09. The zero-order chi connectivity index (χ0) is 11.0. The minimum atomic E-state index is 0.662. The maximum Gasteiger partial charge on any atom is 0.207 e. The highest BCUT2D eigenvalue weighted by atomic mass is 15.2. The van der Waals surface area contributed by atoms with E-state index in [4.69, 9.17) is 0 Å². The number of nitrogens with zero attached hydrogens (tertiary/aromatic N) is 2. The summed E-state index contributed by atoms with van der Waals surface area (Å²) in [5.41, 5.74) is 2.36. The molecule has 1 saturated carbocycles. The number of hydrogen-bond donors (Lipinski definition) is 1. The fourth-order valence-electron chi connectivity index (χ4n) is 1.91. The van der Waals surface area contributed by atoms with Gasteiger partial charge in [-0.15, -0.1) is 0 Å². The zero-order valence-corrected chi connectivity index (χ0v) is 9.35. The number of aryl methyl sites for hydroxylation is 1. The van der Waals surface area contributed by atoms with Crippen LogP contribution in [-0.4, -0.2) is 9.55 Å². The molecule has 1 N–H and O–H groups in total. The quantitative estimate of drug-likeness (QED) is 0.848. The van der Waals surface area contributed by atoms with Crippen molar-refractivity contribution in [3.63, 3.8) is 0 Å². The average Bonchev–Trinajstić information content (AvgIpc) is 3.00. The molecule has 16 heavy (non-hydrogen) atoms. The second-order valence-corrected chi connectivity index (χ2v) is 4.38. The summed E-state index contributed by atoms with van der Waals surface area (Å²) in [6, 6.07) is 9.01. The number of imidazole rings is 1. The average molecular weight is 213 g/mol. The molecule has 2 aromatic rings. The van der Waals surface area contributed by atoms with E-state index in [1.54, 1.807) is 0 Å². The van der Waals surface area contributed by atoms with Gasteiger partial charge in [0.2, 0.25) is 5.95 Å². The molecule has 0 saturated heterocycles. The van der Waals surface area contributed by atoms with Gasteiger partial charge in [-0.25, -0.2) is 4.98 Å². The Morgan fingerprint density at radius 1 is 1.38 bits per heavy atom. The summed E-state index contributed by atoms with van der Waals surface area (Å²) >= 11 is 0. The molecule has 0 aliphatic heterocycles. The van der Waals surface area contributed by atoms with Gasteiger partial charge in [0.15, 0.2) is 0 Å². The van der Waals surface area contributed by atoms with Crippen molar-refractivity contribution >= 4 is 11.6 Å². The molecule has 0 radical (unpaired) electrons. The van der Waals surface area contributed by atoms with E-state index in [2.05, 4.69) is 52.3 Å². The number of hydrogen-bond acceptors (Lipinski definition) is 2. The van der Waals surface area contributed by atoms with Gasteiger partial charge < -0.3 is 9.88 Å². The van der Waals surface area contributed by atoms with Gasteiger partial charge in [0.1, 0.15) is 0 Å². The van der Waals surface area contributed by atoms with E-state index < -0.39 is 0 Å². The summed E-state index contributed by atoms with van der Waals surface area (Å²) in [5.74, 6) is 0.952. The van der Waals surface area contributed by atoms with Crippen molar-refractivity contribution in [3.8, 4) is 0 Å². The third-order valence-corrected chi connectivity index (χ3v) is 2.88. The molecule has 82 valence electrons. The lowest BCUT2D eigenvalue weighted by atomic mass is 10.2. The summed E-state index contributed by atoms with van der Waals surface area (Å²) in [7, 11) is 0. The second-order valence-electron chi connectivity index (χ2n) is 4.38. The molecule has 3 heteroatoms. The number of rotatable bonds is 3. The van der Waals surface area contributed by atoms with Gasteiger partial charge in [-0.05, 0) is 37.5 Å². The van der Waals surface area contributed by atoms with Crippen LogP contribution in [0.4, 0.5) is 11.6 Å². The molecule has 1 aliphatic carbocycles. The minimum Gasteiger partial charge on any atom is -0.326 e. The van der Waals surface area contributed by atoms with Gasteiger partial charge in [0.05, 0.1) is 0 Å². The summed E-state index contributed by atoms with van der Waals surface area (Å²) in [5, 5.41) is 3.37. The van der Waals surface area contributed by atoms with Crippen molar-refractivity contribution < 1.29 is 0 Å². The van der Waals surface area contributed by atoms with Crippen LogP contribution in [0.3, 0.4) is 0 Å². The molecule has 0 unspecified atom stereocenters. The maximum absolute atomic E-state index is 4.35. The lowest BCUT2D eigenvalue weighted by Crippen LogP contribution is -2.01.